The third-order valence-corrected chi connectivity index (χ3v) is 3.22. The Bertz CT molecular complexity index is 367. The summed E-state index contributed by atoms with van der Waals surface area (Å²) in [6, 6.07) is 9.46. The second-order valence-electron chi connectivity index (χ2n) is 4.74. The van der Waals surface area contributed by atoms with Crippen LogP contribution >= 0.6 is 0 Å². The van der Waals surface area contributed by atoms with Crippen LogP contribution in [0.3, 0.4) is 0 Å². The molecule has 2 rings (SSSR count). The average molecular weight is 234 g/mol. The number of benzene rings is 1. The number of hydrogen-bond donors (Lipinski definition) is 1. The van der Waals surface area contributed by atoms with Gasteiger partial charge in [-0.15, -0.1) is 0 Å². The van der Waals surface area contributed by atoms with Crippen LogP contribution in [-0.4, -0.2) is 31.8 Å². The lowest BCUT2D eigenvalue weighted by Gasteiger charge is -2.39. The van der Waals surface area contributed by atoms with Crippen LogP contribution in [0.15, 0.2) is 24.3 Å². The first-order chi connectivity index (χ1) is 8.20. The highest BCUT2D eigenvalue weighted by molar-refractivity contribution is 5.52. The molecular weight excluding hydrogens is 212 g/mol. The van der Waals surface area contributed by atoms with Gasteiger partial charge in [-0.2, -0.15) is 0 Å². The highest BCUT2D eigenvalue weighted by atomic mass is 16.5. The van der Waals surface area contributed by atoms with Crippen molar-refractivity contribution in [3.63, 3.8) is 0 Å². The molecule has 1 fully saturated rings. The summed E-state index contributed by atoms with van der Waals surface area (Å²) in [4.78, 5) is 2.45. The van der Waals surface area contributed by atoms with Crippen molar-refractivity contribution < 1.29 is 4.74 Å². The molecule has 1 aromatic carbocycles. The van der Waals surface area contributed by atoms with Gasteiger partial charge in [-0.05, 0) is 32.9 Å². The van der Waals surface area contributed by atoms with Crippen molar-refractivity contribution in [2.24, 2.45) is 0 Å². The summed E-state index contributed by atoms with van der Waals surface area (Å²) >= 11 is 0. The lowest BCUT2D eigenvalue weighted by atomic mass is 10.1. The normalized spacial score (nSPS) is 24.8. The van der Waals surface area contributed by atoms with Gasteiger partial charge in [0.15, 0.2) is 0 Å². The van der Waals surface area contributed by atoms with Gasteiger partial charge in [0.1, 0.15) is 5.75 Å². The van der Waals surface area contributed by atoms with E-state index in [-0.39, 0.29) is 0 Å². The van der Waals surface area contributed by atoms with E-state index in [1.807, 2.05) is 13.0 Å². The maximum Gasteiger partial charge on any atom is 0.121 e. The smallest absolute Gasteiger partial charge is 0.121 e. The predicted molar refractivity (Wildman–Crippen MR) is 71.9 cm³/mol. The number of nitrogens with zero attached hydrogens (tertiary/aromatic N) is 1. The molecule has 0 bridgehead atoms. The number of nitrogens with one attached hydrogen (secondary N) is 1. The topological polar surface area (TPSA) is 24.5 Å². The molecule has 2 unspecified atom stereocenters. The lowest BCUT2D eigenvalue weighted by Crippen LogP contribution is -2.54. The van der Waals surface area contributed by atoms with Crippen LogP contribution in [0, 0.1) is 0 Å². The van der Waals surface area contributed by atoms with Crippen molar-refractivity contribution >= 4 is 5.69 Å². The first-order valence-corrected chi connectivity index (χ1v) is 6.43. The summed E-state index contributed by atoms with van der Waals surface area (Å²) in [5.74, 6) is 0.961. The van der Waals surface area contributed by atoms with Crippen molar-refractivity contribution in [1.29, 1.82) is 0 Å². The Hall–Kier alpha value is -1.22. The maximum atomic E-state index is 5.56. The van der Waals surface area contributed by atoms with Crippen LogP contribution < -0.4 is 15.0 Å². The first-order valence-electron chi connectivity index (χ1n) is 6.43. The Morgan fingerprint density at radius 3 is 3.00 bits per heavy atom. The van der Waals surface area contributed by atoms with Crippen LogP contribution in [0.25, 0.3) is 0 Å². The zero-order valence-electron chi connectivity index (χ0n) is 10.9. The van der Waals surface area contributed by atoms with E-state index in [1.54, 1.807) is 0 Å². The highest BCUT2D eigenvalue weighted by Gasteiger charge is 2.22. The number of piperazine rings is 1. The van der Waals surface area contributed by atoms with Gasteiger partial charge in [-0.3, -0.25) is 0 Å². The van der Waals surface area contributed by atoms with Crippen molar-refractivity contribution in [2.75, 3.05) is 24.6 Å². The van der Waals surface area contributed by atoms with E-state index in [1.165, 1.54) is 5.69 Å². The molecule has 1 N–H and O–H groups in total. The van der Waals surface area contributed by atoms with Crippen LogP contribution in [0.5, 0.6) is 5.75 Å². The van der Waals surface area contributed by atoms with Gasteiger partial charge in [-0.1, -0.05) is 6.07 Å². The van der Waals surface area contributed by atoms with Crippen molar-refractivity contribution in [3.05, 3.63) is 24.3 Å². The molecule has 3 heteroatoms. The number of ether oxygens (including phenoxy) is 1. The molecule has 1 aliphatic rings. The fourth-order valence-corrected chi connectivity index (χ4v) is 2.30. The highest BCUT2D eigenvalue weighted by Crippen LogP contribution is 2.24. The molecule has 0 radical (unpaired) electrons. The largest absolute Gasteiger partial charge is 0.494 e. The summed E-state index contributed by atoms with van der Waals surface area (Å²) in [6.45, 7) is 9.31. The van der Waals surface area contributed by atoms with Crippen molar-refractivity contribution in [3.8, 4) is 5.75 Å². The number of anilines is 1. The molecular formula is C14H22N2O. The van der Waals surface area contributed by atoms with E-state index >= 15 is 0 Å². The minimum absolute atomic E-state index is 0.531. The molecule has 1 aliphatic heterocycles. The van der Waals surface area contributed by atoms with Crippen molar-refractivity contribution in [1.82, 2.24) is 5.32 Å². The summed E-state index contributed by atoms with van der Waals surface area (Å²) in [5.41, 5.74) is 1.26. The van der Waals surface area contributed by atoms with Gasteiger partial charge in [0.2, 0.25) is 0 Å². The Labute approximate surface area is 104 Å². The van der Waals surface area contributed by atoms with Gasteiger partial charge < -0.3 is 15.0 Å². The number of rotatable bonds is 3. The number of hydrogen-bond acceptors (Lipinski definition) is 3. The molecule has 1 heterocycles. The third kappa shape index (κ3) is 2.91. The van der Waals surface area contributed by atoms with E-state index < -0.39 is 0 Å². The fraction of sp³-hybridized carbons (Fsp3) is 0.571. The second-order valence-corrected chi connectivity index (χ2v) is 4.74. The Balaban J connectivity index is 2.16. The summed E-state index contributed by atoms with van der Waals surface area (Å²) in [7, 11) is 0. The first kappa shape index (κ1) is 12.2. The molecule has 0 spiro atoms. The quantitative estimate of drug-likeness (QED) is 0.868. The molecule has 0 aromatic heterocycles. The fourth-order valence-electron chi connectivity index (χ4n) is 2.30. The summed E-state index contributed by atoms with van der Waals surface area (Å²) < 4.78 is 5.56. The van der Waals surface area contributed by atoms with Gasteiger partial charge >= 0.3 is 0 Å². The lowest BCUT2D eigenvalue weighted by molar-refractivity contribution is 0.340. The molecule has 0 aliphatic carbocycles. The van der Waals surface area contributed by atoms with Gasteiger partial charge in [0.25, 0.3) is 0 Å². The maximum absolute atomic E-state index is 5.56. The minimum Gasteiger partial charge on any atom is -0.494 e. The second kappa shape index (κ2) is 5.41. The Morgan fingerprint density at radius 1 is 1.41 bits per heavy atom. The molecule has 94 valence electrons. The van der Waals surface area contributed by atoms with E-state index in [0.29, 0.717) is 12.1 Å². The van der Waals surface area contributed by atoms with E-state index in [0.717, 1.165) is 25.4 Å². The molecule has 1 saturated heterocycles. The van der Waals surface area contributed by atoms with Crippen LogP contribution in [0.4, 0.5) is 5.69 Å². The van der Waals surface area contributed by atoms with Gasteiger partial charge in [-0.25, -0.2) is 0 Å². The molecule has 17 heavy (non-hydrogen) atoms. The van der Waals surface area contributed by atoms with Crippen LogP contribution in [0.1, 0.15) is 20.8 Å². The van der Waals surface area contributed by atoms with E-state index in [2.05, 4.69) is 42.3 Å². The molecule has 0 saturated carbocycles. The third-order valence-electron chi connectivity index (χ3n) is 3.22. The zero-order chi connectivity index (χ0) is 12.3. The van der Waals surface area contributed by atoms with E-state index in [9.17, 15) is 0 Å². The van der Waals surface area contributed by atoms with Crippen LogP contribution in [0.2, 0.25) is 0 Å². The summed E-state index contributed by atoms with van der Waals surface area (Å²) in [5, 5.41) is 3.50. The Morgan fingerprint density at radius 2 is 2.24 bits per heavy atom. The molecule has 3 nitrogen and oxygen atoms in total. The summed E-state index contributed by atoms with van der Waals surface area (Å²) in [6.07, 6.45) is 0. The molecule has 1 aromatic rings. The molecule has 0 amide bonds. The van der Waals surface area contributed by atoms with Crippen LogP contribution in [-0.2, 0) is 0 Å². The standard InChI is InChI=1S/C14H22N2O/c1-4-17-14-7-5-6-13(8-14)16-10-11(2)15-9-12(16)3/h5-8,11-12,15H,4,9-10H2,1-3H3. The SMILES string of the molecule is CCOc1cccc(N2CC(C)NCC2C)c1. The molecule has 2 atom stereocenters. The minimum atomic E-state index is 0.531. The average Bonchev–Trinajstić information content (AvgIpc) is 2.33. The monoisotopic (exact) mass is 234 g/mol. The van der Waals surface area contributed by atoms with Crippen molar-refractivity contribution in [2.45, 2.75) is 32.9 Å². The van der Waals surface area contributed by atoms with E-state index in [4.69, 9.17) is 4.74 Å². The zero-order valence-corrected chi connectivity index (χ0v) is 10.9. The predicted octanol–water partition coefficient (Wildman–Crippen LogP) is 2.27. The van der Waals surface area contributed by atoms with Gasteiger partial charge in [0.05, 0.1) is 6.61 Å². The van der Waals surface area contributed by atoms with Gasteiger partial charge in [0, 0.05) is 36.9 Å². The Kier molecular flexibility index (Phi) is 3.89.